The Morgan fingerprint density at radius 3 is 2.70 bits per heavy atom. The van der Waals surface area contributed by atoms with Crippen LogP contribution in [0.4, 0.5) is 5.69 Å². The molecule has 3 heterocycles. The first kappa shape index (κ1) is 22.6. The lowest BCUT2D eigenvalue weighted by molar-refractivity contribution is -0.119. The van der Waals surface area contributed by atoms with Gasteiger partial charge in [0.25, 0.3) is 0 Å². The van der Waals surface area contributed by atoms with E-state index in [1.54, 1.807) is 0 Å². The third-order valence-electron chi connectivity index (χ3n) is 5.92. The van der Waals surface area contributed by atoms with Crippen LogP contribution in [0.3, 0.4) is 0 Å². The number of carbonyl (C=O) groups excluding carboxylic acids is 1. The number of guanidine groups is 1. The number of hydrogen-bond donors (Lipinski definition) is 1. The molecule has 1 unspecified atom stereocenters. The average Bonchev–Trinajstić information content (AvgIpc) is 3.39. The zero-order valence-corrected chi connectivity index (χ0v) is 20.1. The van der Waals surface area contributed by atoms with Crippen molar-refractivity contribution in [3.63, 3.8) is 0 Å². The van der Waals surface area contributed by atoms with E-state index in [0.29, 0.717) is 12.3 Å². The number of hydrogen-bond acceptors (Lipinski definition) is 3. The zero-order valence-electron chi connectivity index (χ0n) is 17.8. The minimum atomic E-state index is 0. The summed E-state index contributed by atoms with van der Waals surface area (Å²) in [7, 11) is 3.80. The average molecular weight is 522 g/mol. The van der Waals surface area contributed by atoms with Gasteiger partial charge in [-0.15, -0.1) is 24.0 Å². The number of aliphatic imine (C=N–C) groups is 1. The molecule has 162 valence electrons. The standard InChI is InChI=1S/C22H30N6O.HI/c1-23-22(27-12-10-18(16-27)19-14-25-26(2)15-19)24-13-17-6-8-20(9-7-17)28-11-4-3-5-21(28)29;/h6-9,14-15,18H,3-5,10-13,16H2,1-2H3,(H,23,24);1H. The number of rotatable bonds is 4. The van der Waals surface area contributed by atoms with Crippen LogP contribution >= 0.6 is 24.0 Å². The number of nitrogens with one attached hydrogen (secondary N) is 1. The third-order valence-corrected chi connectivity index (χ3v) is 5.92. The number of amides is 1. The van der Waals surface area contributed by atoms with Gasteiger partial charge in [-0.3, -0.25) is 14.5 Å². The molecule has 30 heavy (non-hydrogen) atoms. The predicted octanol–water partition coefficient (Wildman–Crippen LogP) is 3.12. The first-order chi connectivity index (χ1) is 14.1. The number of piperidine rings is 1. The van der Waals surface area contributed by atoms with Gasteiger partial charge in [-0.1, -0.05) is 12.1 Å². The zero-order chi connectivity index (χ0) is 20.2. The SMILES string of the molecule is CN=C(NCc1ccc(N2CCCCC2=O)cc1)N1CCC(c2cnn(C)c2)C1.I. The molecule has 1 amide bonds. The smallest absolute Gasteiger partial charge is 0.226 e. The van der Waals surface area contributed by atoms with Gasteiger partial charge in [0.05, 0.1) is 6.20 Å². The molecular formula is C22H31IN6O. The van der Waals surface area contributed by atoms with Gasteiger partial charge in [-0.05, 0) is 42.5 Å². The van der Waals surface area contributed by atoms with Crippen molar-refractivity contribution in [3.8, 4) is 0 Å². The van der Waals surface area contributed by atoms with Gasteiger partial charge in [0.2, 0.25) is 5.91 Å². The Bertz CT molecular complexity index is 878. The van der Waals surface area contributed by atoms with E-state index in [1.165, 1.54) is 11.1 Å². The second-order valence-corrected chi connectivity index (χ2v) is 7.95. The van der Waals surface area contributed by atoms with Crippen molar-refractivity contribution in [2.75, 3.05) is 31.6 Å². The van der Waals surface area contributed by atoms with Crippen molar-refractivity contribution in [1.29, 1.82) is 0 Å². The lowest BCUT2D eigenvalue weighted by Gasteiger charge is -2.27. The van der Waals surface area contributed by atoms with Gasteiger partial charge in [-0.25, -0.2) is 0 Å². The van der Waals surface area contributed by atoms with Crippen LogP contribution in [0.25, 0.3) is 0 Å². The normalized spacial score (nSPS) is 19.7. The highest BCUT2D eigenvalue weighted by Crippen LogP contribution is 2.27. The van der Waals surface area contributed by atoms with Crippen molar-refractivity contribution in [2.24, 2.45) is 12.0 Å². The summed E-state index contributed by atoms with van der Waals surface area (Å²) in [6.45, 7) is 3.50. The Hall–Kier alpha value is -2.10. The Kier molecular flexibility index (Phi) is 7.74. The van der Waals surface area contributed by atoms with Crippen LogP contribution in [0.5, 0.6) is 0 Å². The number of likely N-dealkylation sites (tertiary alicyclic amines) is 1. The van der Waals surface area contributed by atoms with Crippen LogP contribution in [0.1, 0.15) is 42.7 Å². The molecule has 2 aliphatic heterocycles. The summed E-state index contributed by atoms with van der Waals surface area (Å²) in [5, 5.41) is 7.79. The van der Waals surface area contributed by atoms with Crippen LogP contribution in [0.2, 0.25) is 0 Å². The molecular weight excluding hydrogens is 491 g/mol. The maximum atomic E-state index is 12.1. The molecule has 4 rings (SSSR count). The topological polar surface area (TPSA) is 65.8 Å². The minimum absolute atomic E-state index is 0. The van der Waals surface area contributed by atoms with E-state index in [0.717, 1.165) is 57.1 Å². The number of anilines is 1. The molecule has 1 atom stereocenters. The van der Waals surface area contributed by atoms with Crippen LogP contribution in [0.15, 0.2) is 41.7 Å². The second kappa shape index (κ2) is 10.3. The molecule has 0 bridgehead atoms. The Morgan fingerprint density at radius 2 is 2.03 bits per heavy atom. The highest BCUT2D eigenvalue weighted by atomic mass is 127. The summed E-state index contributed by atoms with van der Waals surface area (Å²) in [4.78, 5) is 20.8. The van der Waals surface area contributed by atoms with Gasteiger partial charge in [0, 0.05) is 64.5 Å². The summed E-state index contributed by atoms with van der Waals surface area (Å²) < 4.78 is 1.87. The van der Waals surface area contributed by atoms with E-state index in [1.807, 2.05) is 29.9 Å². The fourth-order valence-corrected chi connectivity index (χ4v) is 4.26. The molecule has 2 fully saturated rings. The molecule has 0 spiro atoms. The molecule has 0 saturated carbocycles. The van der Waals surface area contributed by atoms with Gasteiger partial charge in [0.15, 0.2) is 5.96 Å². The van der Waals surface area contributed by atoms with E-state index in [-0.39, 0.29) is 29.9 Å². The maximum Gasteiger partial charge on any atom is 0.226 e. The fourth-order valence-electron chi connectivity index (χ4n) is 4.26. The maximum absolute atomic E-state index is 12.1. The molecule has 2 aliphatic rings. The van der Waals surface area contributed by atoms with Gasteiger partial charge >= 0.3 is 0 Å². The Labute approximate surface area is 195 Å². The molecule has 1 N–H and O–H groups in total. The monoisotopic (exact) mass is 522 g/mol. The van der Waals surface area contributed by atoms with Crippen LogP contribution < -0.4 is 10.2 Å². The largest absolute Gasteiger partial charge is 0.352 e. The quantitative estimate of drug-likeness (QED) is 0.381. The lowest BCUT2D eigenvalue weighted by Crippen LogP contribution is -2.39. The molecule has 1 aromatic heterocycles. The molecule has 8 heteroatoms. The molecule has 2 saturated heterocycles. The molecule has 0 aliphatic carbocycles. The number of nitrogens with zero attached hydrogens (tertiary/aromatic N) is 5. The number of aromatic nitrogens is 2. The van der Waals surface area contributed by atoms with Crippen molar-refractivity contribution >= 4 is 41.5 Å². The van der Waals surface area contributed by atoms with Crippen LogP contribution in [-0.4, -0.2) is 53.2 Å². The highest BCUT2D eigenvalue weighted by molar-refractivity contribution is 14.0. The van der Waals surface area contributed by atoms with E-state index in [2.05, 4.69) is 50.8 Å². The van der Waals surface area contributed by atoms with Gasteiger partial charge < -0.3 is 15.1 Å². The van der Waals surface area contributed by atoms with Crippen molar-refractivity contribution in [3.05, 3.63) is 47.8 Å². The summed E-state index contributed by atoms with van der Waals surface area (Å²) in [6.07, 6.45) is 7.95. The first-order valence-corrected chi connectivity index (χ1v) is 10.5. The first-order valence-electron chi connectivity index (χ1n) is 10.5. The van der Waals surface area contributed by atoms with Crippen LogP contribution in [0, 0.1) is 0 Å². The number of halogens is 1. The third kappa shape index (κ3) is 5.14. The number of aryl methyl sites for hydroxylation is 1. The number of carbonyl (C=O) groups is 1. The predicted molar refractivity (Wildman–Crippen MR) is 130 cm³/mol. The number of benzene rings is 1. The van der Waals surface area contributed by atoms with Gasteiger partial charge in [-0.2, -0.15) is 5.10 Å². The summed E-state index contributed by atoms with van der Waals surface area (Å²) in [5.74, 6) is 1.68. The van der Waals surface area contributed by atoms with Gasteiger partial charge in [0.1, 0.15) is 0 Å². The second-order valence-electron chi connectivity index (χ2n) is 7.95. The molecule has 2 aromatic rings. The summed E-state index contributed by atoms with van der Waals surface area (Å²) in [6, 6.07) is 8.30. The van der Waals surface area contributed by atoms with E-state index >= 15 is 0 Å². The Balaban J connectivity index is 0.00000256. The van der Waals surface area contributed by atoms with E-state index in [9.17, 15) is 4.79 Å². The molecule has 0 radical (unpaired) electrons. The highest BCUT2D eigenvalue weighted by Gasteiger charge is 2.27. The summed E-state index contributed by atoms with van der Waals surface area (Å²) in [5.41, 5.74) is 3.48. The van der Waals surface area contributed by atoms with Crippen molar-refractivity contribution in [2.45, 2.75) is 38.1 Å². The molecule has 7 nitrogen and oxygen atoms in total. The lowest BCUT2D eigenvalue weighted by atomic mass is 10.0. The van der Waals surface area contributed by atoms with Crippen molar-refractivity contribution < 1.29 is 4.79 Å². The minimum Gasteiger partial charge on any atom is -0.352 e. The molecule has 1 aromatic carbocycles. The fraction of sp³-hybridized carbons (Fsp3) is 0.500. The van der Waals surface area contributed by atoms with E-state index in [4.69, 9.17) is 0 Å². The van der Waals surface area contributed by atoms with Crippen molar-refractivity contribution in [1.82, 2.24) is 20.0 Å². The van der Waals surface area contributed by atoms with E-state index < -0.39 is 0 Å². The summed E-state index contributed by atoms with van der Waals surface area (Å²) >= 11 is 0. The Morgan fingerprint density at radius 1 is 1.23 bits per heavy atom. The van der Waals surface area contributed by atoms with Crippen LogP contribution in [-0.2, 0) is 18.4 Å².